The van der Waals surface area contributed by atoms with Gasteiger partial charge in [0.15, 0.2) is 5.82 Å². The lowest BCUT2D eigenvalue weighted by molar-refractivity contribution is -0.145. The van der Waals surface area contributed by atoms with Crippen molar-refractivity contribution in [2.75, 3.05) is 25.5 Å². The third-order valence-corrected chi connectivity index (χ3v) is 6.43. The van der Waals surface area contributed by atoms with Crippen molar-refractivity contribution in [3.63, 3.8) is 0 Å². The predicted octanol–water partition coefficient (Wildman–Crippen LogP) is 0.618. The summed E-state index contributed by atoms with van der Waals surface area (Å²) in [5.41, 5.74) is 3.01. The fourth-order valence-corrected chi connectivity index (χ4v) is 4.71. The summed E-state index contributed by atoms with van der Waals surface area (Å²) >= 11 is 0. The average Bonchev–Trinajstić information content (AvgIpc) is 3.65. The Bertz CT molecular complexity index is 1480. The topological polar surface area (TPSA) is 146 Å². The molecule has 4 aromatic heterocycles. The third kappa shape index (κ3) is 3.47. The number of methoxy groups -OCH3 is 1. The standard InChI is InChI=1S/C23H22N10O3/c1-13-28-12-32(30-13)21-19-18(17(36-2)10-27-21)15(9-26-19)20(34)22(35)31-7-4-16-14(11-31)8-29-33(16)23-24-5-3-6-25-23/h3,5-6,8,10,12,15,26H,4,7,9,11H2,1-2H3. The summed E-state index contributed by atoms with van der Waals surface area (Å²) < 4.78 is 8.72. The van der Waals surface area contributed by atoms with E-state index >= 15 is 0 Å². The van der Waals surface area contributed by atoms with Crippen LogP contribution in [0.5, 0.6) is 5.75 Å². The number of ketones is 1. The van der Waals surface area contributed by atoms with E-state index in [-0.39, 0.29) is 13.1 Å². The normalized spacial score (nSPS) is 16.3. The van der Waals surface area contributed by atoms with Crippen LogP contribution < -0.4 is 10.1 Å². The number of fused-ring (bicyclic) bond motifs is 2. The minimum absolute atomic E-state index is 0.255. The zero-order valence-electron chi connectivity index (χ0n) is 19.6. The first-order valence-corrected chi connectivity index (χ1v) is 11.4. The Morgan fingerprint density at radius 3 is 2.72 bits per heavy atom. The molecule has 0 aromatic carbocycles. The minimum Gasteiger partial charge on any atom is -0.495 e. The molecule has 182 valence electrons. The van der Waals surface area contributed by atoms with Gasteiger partial charge in [-0.1, -0.05) is 0 Å². The van der Waals surface area contributed by atoms with E-state index in [9.17, 15) is 9.59 Å². The van der Waals surface area contributed by atoms with Crippen LogP contribution in [-0.4, -0.2) is 76.3 Å². The number of nitrogens with one attached hydrogen (secondary N) is 1. The molecule has 0 spiro atoms. The van der Waals surface area contributed by atoms with Crippen LogP contribution in [0.1, 0.15) is 28.6 Å². The van der Waals surface area contributed by atoms with Crippen molar-refractivity contribution in [3.8, 4) is 17.5 Å². The number of ether oxygens (including phenoxy) is 1. The molecule has 0 fully saturated rings. The van der Waals surface area contributed by atoms with E-state index in [0.717, 1.165) is 11.3 Å². The molecule has 13 heteroatoms. The van der Waals surface area contributed by atoms with Crippen LogP contribution in [0.2, 0.25) is 0 Å². The molecule has 4 aromatic rings. The molecule has 0 bridgehead atoms. The van der Waals surface area contributed by atoms with Crippen LogP contribution in [-0.2, 0) is 22.6 Å². The maximum atomic E-state index is 13.5. The van der Waals surface area contributed by atoms with Crippen molar-refractivity contribution >= 4 is 17.4 Å². The maximum Gasteiger partial charge on any atom is 0.290 e. The van der Waals surface area contributed by atoms with E-state index in [4.69, 9.17) is 4.74 Å². The number of aryl methyl sites for hydroxylation is 1. The second-order valence-corrected chi connectivity index (χ2v) is 8.53. The quantitative estimate of drug-likeness (QED) is 0.398. The SMILES string of the molecule is COc1cnc(-n2cnc(C)n2)c2c1C(C(=O)C(=O)N1CCc3c(cnn3-c3ncccn3)C1)CN2. The van der Waals surface area contributed by atoms with Gasteiger partial charge in [0, 0.05) is 49.6 Å². The molecule has 0 saturated heterocycles. The summed E-state index contributed by atoms with van der Waals surface area (Å²) in [7, 11) is 1.51. The number of carbonyl (C=O) groups excluding carboxylic acids is 2. The van der Waals surface area contributed by atoms with Crippen LogP contribution in [0.4, 0.5) is 5.69 Å². The van der Waals surface area contributed by atoms with Crippen LogP contribution in [0.3, 0.4) is 0 Å². The van der Waals surface area contributed by atoms with Gasteiger partial charge in [-0.15, -0.1) is 0 Å². The number of carbonyl (C=O) groups is 2. The lowest BCUT2D eigenvalue weighted by Gasteiger charge is -2.27. The van der Waals surface area contributed by atoms with Crippen LogP contribution in [0, 0.1) is 6.92 Å². The molecule has 0 saturated carbocycles. The Hall–Kier alpha value is -4.68. The first-order chi connectivity index (χ1) is 17.5. The van der Waals surface area contributed by atoms with Gasteiger partial charge in [0.25, 0.3) is 11.9 Å². The molecular formula is C23H22N10O3. The molecule has 1 N–H and O–H groups in total. The highest BCUT2D eigenvalue weighted by Crippen LogP contribution is 2.42. The van der Waals surface area contributed by atoms with E-state index in [2.05, 4.69) is 35.5 Å². The molecule has 1 atom stereocenters. The minimum atomic E-state index is -0.712. The number of Topliss-reactive ketones (excluding diaryl/α,β-unsaturated/α-hetero) is 1. The lowest BCUT2D eigenvalue weighted by atomic mass is 9.95. The Labute approximate surface area is 205 Å². The highest BCUT2D eigenvalue weighted by atomic mass is 16.5. The largest absolute Gasteiger partial charge is 0.495 e. The van der Waals surface area contributed by atoms with Gasteiger partial charge < -0.3 is 15.0 Å². The molecule has 6 rings (SSSR count). The Balaban J connectivity index is 1.26. The molecular weight excluding hydrogens is 464 g/mol. The molecule has 2 aliphatic rings. The van der Waals surface area contributed by atoms with E-state index in [0.29, 0.717) is 47.6 Å². The van der Waals surface area contributed by atoms with E-state index in [1.165, 1.54) is 18.0 Å². The number of aromatic nitrogens is 8. The molecule has 13 nitrogen and oxygen atoms in total. The zero-order valence-corrected chi connectivity index (χ0v) is 19.6. The zero-order chi connectivity index (χ0) is 24.8. The lowest BCUT2D eigenvalue weighted by Crippen LogP contribution is -2.42. The van der Waals surface area contributed by atoms with E-state index in [1.807, 2.05) is 0 Å². The summed E-state index contributed by atoms with van der Waals surface area (Å²) in [6, 6.07) is 1.74. The van der Waals surface area contributed by atoms with Crippen LogP contribution in [0.25, 0.3) is 11.8 Å². The predicted molar refractivity (Wildman–Crippen MR) is 125 cm³/mol. The van der Waals surface area contributed by atoms with Gasteiger partial charge in [0.2, 0.25) is 5.78 Å². The van der Waals surface area contributed by atoms with Crippen LogP contribution >= 0.6 is 0 Å². The Morgan fingerprint density at radius 1 is 1.14 bits per heavy atom. The van der Waals surface area contributed by atoms with Crippen molar-refractivity contribution in [1.29, 1.82) is 0 Å². The first kappa shape index (κ1) is 21.8. The van der Waals surface area contributed by atoms with Gasteiger partial charge >= 0.3 is 0 Å². The number of nitrogens with zero attached hydrogens (tertiary/aromatic N) is 9. The van der Waals surface area contributed by atoms with Gasteiger partial charge in [0.05, 0.1) is 36.8 Å². The van der Waals surface area contributed by atoms with Crippen LogP contribution in [0.15, 0.2) is 37.2 Å². The number of anilines is 1. The number of hydrogen-bond acceptors (Lipinski definition) is 10. The third-order valence-electron chi connectivity index (χ3n) is 6.43. The fraction of sp³-hybridized carbons (Fsp3) is 0.304. The van der Waals surface area contributed by atoms with Crippen molar-refractivity contribution in [2.24, 2.45) is 0 Å². The van der Waals surface area contributed by atoms with Gasteiger partial charge in [-0.3, -0.25) is 9.59 Å². The summed E-state index contributed by atoms with van der Waals surface area (Å²) in [4.78, 5) is 45.5. The molecule has 1 amide bonds. The smallest absolute Gasteiger partial charge is 0.290 e. The summed E-state index contributed by atoms with van der Waals surface area (Å²) in [6.07, 6.45) is 8.63. The summed E-state index contributed by atoms with van der Waals surface area (Å²) in [6.45, 7) is 2.71. The molecule has 36 heavy (non-hydrogen) atoms. The van der Waals surface area contributed by atoms with Crippen molar-refractivity contribution in [2.45, 2.75) is 25.8 Å². The maximum absolute atomic E-state index is 13.5. The van der Waals surface area contributed by atoms with Gasteiger partial charge in [0.1, 0.15) is 17.9 Å². The molecule has 0 radical (unpaired) electrons. The molecule has 6 heterocycles. The highest BCUT2D eigenvalue weighted by Gasteiger charge is 2.40. The Morgan fingerprint density at radius 2 is 1.97 bits per heavy atom. The number of hydrogen-bond donors (Lipinski definition) is 1. The molecule has 0 aliphatic carbocycles. The van der Waals surface area contributed by atoms with Gasteiger partial charge in [-0.25, -0.2) is 29.3 Å². The second-order valence-electron chi connectivity index (χ2n) is 8.53. The Kier molecular flexibility index (Phi) is 5.16. The monoisotopic (exact) mass is 486 g/mol. The first-order valence-electron chi connectivity index (χ1n) is 11.4. The number of rotatable bonds is 5. The fourth-order valence-electron chi connectivity index (χ4n) is 4.71. The highest BCUT2D eigenvalue weighted by molar-refractivity contribution is 6.38. The number of amides is 1. The van der Waals surface area contributed by atoms with E-state index < -0.39 is 17.6 Å². The van der Waals surface area contributed by atoms with E-state index in [1.54, 1.807) is 47.5 Å². The van der Waals surface area contributed by atoms with Gasteiger partial charge in [-0.05, 0) is 13.0 Å². The number of pyridine rings is 1. The summed E-state index contributed by atoms with van der Waals surface area (Å²) in [5, 5.41) is 11.9. The van der Waals surface area contributed by atoms with Crippen molar-refractivity contribution in [1.82, 2.24) is 44.4 Å². The molecule has 2 aliphatic heterocycles. The van der Waals surface area contributed by atoms with Crippen molar-refractivity contribution in [3.05, 3.63) is 59.8 Å². The summed E-state index contributed by atoms with van der Waals surface area (Å²) in [5.74, 6) is 0.237. The molecule has 1 unspecified atom stereocenters. The average molecular weight is 486 g/mol. The van der Waals surface area contributed by atoms with Crippen molar-refractivity contribution < 1.29 is 14.3 Å². The second kappa shape index (κ2) is 8.52. The van der Waals surface area contributed by atoms with Gasteiger partial charge in [-0.2, -0.15) is 10.2 Å².